The number of aryl methyl sites for hydroxylation is 1. The monoisotopic (exact) mass is 391 g/mol. The Morgan fingerprint density at radius 1 is 1.23 bits per heavy atom. The largest absolute Gasteiger partial charge is 0.364 e. The van der Waals surface area contributed by atoms with Crippen molar-refractivity contribution in [2.45, 2.75) is 30.8 Å². The number of carbonyl (C=O) groups excluding carboxylic acids is 1. The first-order valence-corrected chi connectivity index (χ1v) is 10.2. The second kappa shape index (κ2) is 5.97. The molecule has 1 atom stereocenters. The van der Waals surface area contributed by atoms with Crippen LogP contribution >= 0.6 is 11.6 Å². The Balaban J connectivity index is 1.88. The van der Waals surface area contributed by atoms with E-state index >= 15 is 0 Å². The molecule has 0 saturated heterocycles. The van der Waals surface area contributed by atoms with Gasteiger partial charge in [0.05, 0.1) is 16.3 Å². The van der Waals surface area contributed by atoms with Gasteiger partial charge in [0, 0.05) is 5.69 Å². The Hall–Kier alpha value is -2.09. The zero-order valence-electron chi connectivity index (χ0n) is 14.1. The summed E-state index contributed by atoms with van der Waals surface area (Å²) >= 11 is 6.09. The fraction of sp³-hybridized carbons (Fsp3) is 0.278. The third kappa shape index (κ3) is 2.86. The predicted molar refractivity (Wildman–Crippen MR) is 101 cm³/mol. The molecule has 3 N–H and O–H groups in total. The average Bonchev–Trinajstić information content (AvgIpc) is 3.39. The number of sulfonamides is 1. The smallest absolute Gasteiger partial charge is 0.262 e. The van der Waals surface area contributed by atoms with Crippen molar-refractivity contribution < 1.29 is 13.2 Å². The molecule has 8 heteroatoms. The van der Waals surface area contributed by atoms with E-state index in [9.17, 15) is 13.2 Å². The van der Waals surface area contributed by atoms with Crippen molar-refractivity contribution >= 4 is 38.9 Å². The number of nitrogens with zero attached hydrogens (tertiary/aromatic N) is 1. The summed E-state index contributed by atoms with van der Waals surface area (Å²) in [6.07, 6.45) is 1.88. The quantitative estimate of drug-likeness (QED) is 0.840. The van der Waals surface area contributed by atoms with E-state index in [1.807, 2.05) is 31.2 Å². The first kappa shape index (κ1) is 17.3. The standard InChI is InChI=1S/C18H18ClN3O3S/c1-10-4-2-3-5-15(10)22-17(11-6-7-11)21-14-9-13(19)16(26(20,24)25)8-12(14)18(22)23/h2-5,8-9,11,17,21H,6-7H2,1H3,(H2,20,24,25). The van der Waals surface area contributed by atoms with E-state index in [-0.39, 0.29) is 27.6 Å². The highest BCUT2D eigenvalue weighted by Gasteiger charge is 2.43. The lowest BCUT2D eigenvalue weighted by Gasteiger charge is -2.39. The summed E-state index contributed by atoms with van der Waals surface area (Å²) in [5.41, 5.74) is 2.56. The number of benzene rings is 2. The van der Waals surface area contributed by atoms with Crippen LogP contribution in [0.4, 0.5) is 11.4 Å². The second-order valence-electron chi connectivity index (χ2n) is 6.76. The van der Waals surface area contributed by atoms with E-state index < -0.39 is 10.0 Å². The van der Waals surface area contributed by atoms with E-state index in [0.29, 0.717) is 11.6 Å². The van der Waals surface area contributed by atoms with Gasteiger partial charge in [-0.05, 0) is 49.4 Å². The Morgan fingerprint density at radius 2 is 1.92 bits per heavy atom. The molecule has 4 rings (SSSR count). The number of fused-ring (bicyclic) bond motifs is 1. The Labute approximate surface area is 157 Å². The number of hydrogen-bond donors (Lipinski definition) is 2. The molecule has 1 saturated carbocycles. The molecule has 1 fully saturated rings. The number of anilines is 2. The summed E-state index contributed by atoms with van der Waals surface area (Å²) in [6, 6.07) is 10.4. The fourth-order valence-corrected chi connectivity index (χ4v) is 4.48. The highest BCUT2D eigenvalue weighted by Crippen LogP contribution is 2.43. The first-order valence-electron chi connectivity index (χ1n) is 8.29. The zero-order chi connectivity index (χ0) is 18.6. The van der Waals surface area contributed by atoms with E-state index in [4.69, 9.17) is 16.7 Å². The van der Waals surface area contributed by atoms with Gasteiger partial charge in [-0.3, -0.25) is 9.69 Å². The van der Waals surface area contributed by atoms with Crippen LogP contribution in [0.5, 0.6) is 0 Å². The summed E-state index contributed by atoms with van der Waals surface area (Å²) in [5.74, 6) is 0.0925. The van der Waals surface area contributed by atoms with Gasteiger partial charge in [0.25, 0.3) is 5.91 Å². The number of rotatable bonds is 3. The number of para-hydroxylation sites is 1. The molecule has 0 aromatic heterocycles. The number of halogens is 1. The van der Waals surface area contributed by atoms with Crippen LogP contribution in [0.3, 0.4) is 0 Å². The molecular weight excluding hydrogens is 374 g/mol. The molecule has 2 aromatic rings. The van der Waals surface area contributed by atoms with E-state index in [0.717, 1.165) is 24.1 Å². The van der Waals surface area contributed by atoms with Crippen LogP contribution in [-0.2, 0) is 10.0 Å². The van der Waals surface area contributed by atoms with Crippen LogP contribution in [-0.4, -0.2) is 20.5 Å². The van der Waals surface area contributed by atoms with E-state index in [2.05, 4.69) is 5.32 Å². The number of amides is 1. The minimum Gasteiger partial charge on any atom is -0.364 e. The summed E-state index contributed by atoms with van der Waals surface area (Å²) < 4.78 is 23.6. The van der Waals surface area contributed by atoms with Crippen molar-refractivity contribution in [2.75, 3.05) is 10.2 Å². The number of nitrogens with one attached hydrogen (secondary N) is 1. The van der Waals surface area contributed by atoms with Crippen molar-refractivity contribution in [1.29, 1.82) is 0 Å². The van der Waals surface area contributed by atoms with E-state index in [1.54, 1.807) is 4.90 Å². The summed E-state index contributed by atoms with van der Waals surface area (Å²) in [4.78, 5) is 14.8. The SMILES string of the molecule is Cc1ccccc1N1C(=O)c2cc(S(N)(=O)=O)c(Cl)cc2NC1C1CC1. The van der Waals surface area contributed by atoms with Crippen LogP contribution in [0.2, 0.25) is 5.02 Å². The van der Waals surface area contributed by atoms with Gasteiger partial charge in [0.15, 0.2) is 0 Å². The van der Waals surface area contributed by atoms with Crippen molar-refractivity contribution in [2.24, 2.45) is 11.1 Å². The summed E-state index contributed by atoms with van der Waals surface area (Å²) in [7, 11) is -4.03. The van der Waals surface area contributed by atoms with Gasteiger partial charge in [-0.15, -0.1) is 0 Å². The molecular formula is C18H18ClN3O3S. The topological polar surface area (TPSA) is 92.5 Å². The minimum absolute atomic E-state index is 0.00504. The van der Waals surface area contributed by atoms with Crippen LogP contribution in [0.15, 0.2) is 41.3 Å². The van der Waals surface area contributed by atoms with Gasteiger partial charge in [0.2, 0.25) is 10.0 Å². The number of primary sulfonamides is 1. The van der Waals surface area contributed by atoms with Crippen molar-refractivity contribution in [3.05, 3.63) is 52.5 Å². The van der Waals surface area contributed by atoms with Crippen molar-refractivity contribution in [3.63, 3.8) is 0 Å². The van der Waals surface area contributed by atoms with Crippen LogP contribution in [0.1, 0.15) is 28.8 Å². The zero-order valence-corrected chi connectivity index (χ0v) is 15.6. The summed E-state index contributed by atoms with van der Waals surface area (Å²) in [5, 5.41) is 8.61. The van der Waals surface area contributed by atoms with Crippen LogP contribution in [0.25, 0.3) is 0 Å². The fourth-order valence-electron chi connectivity index (χ4n) is 3.38. The molecule has 0 radical (unpaired) electrons. The number of carbonyl (C=O) groups is 1. The Bertz CT molecular complexity index is 1020. The number of nitrogens with two attached hydrogens (primary N) is 1. The van der Waals surface area contributed by atoms with E-state index in [1.165, 1.54) is 12.1 Å². The van der Waals surface area contributed by atoms with Gasteiger partial charge in [-0.2, -0.15) is 0 Å². The lowest BCUT2D eigenvalue weighted by atomic mass is 10.0. The maximum Gasteiger partial charge on any atom is 0.262 e. The molecule has 0 bridgehead atoms. The van der Waals surface area contributed by atoms with Crippen LogP contribution < -0.4 is 15.4 Å². The van der Waals surface area contributed by atoms with Gasteiger partial charge < -0.3 is 5.32 Å². The molecule has 1 aliphatic heterocycles. The molecule has 2 aromatic carbocycles. The first-order chi connectivity index (χ1) is 12.3. The molecule has 1 amide bonds. The third-order valence-electron chi connectivity index (χ3n) is 4.85. The molecule has 2 aliphatic rings. The minimum atomic E-state index is -4.03. The predicted octanol–water partition coefficient (Wildman–Crippen LogP) is 3.10. The van der Waals surface area contributed by atoms with Crippen LogP contribution in [0, 0.1) is 12.8 Å². The molecule has 0 spiro atoms. The highest BCUT2D eigenvalue weighted by molar-refractivity contribution is 7.89. The lowest BCUT2D eigenvalue weighted by Crippen LogP contribution is -2.50. The lowest BCUT2D eigenvalue weighted by molar-refractivity contribution is 0.0971. The highest BCUT2D eigenvalue weighted by atomic mass is 35.5. The van der Waals surface area contributed by atoms with Crippen molar-refractivity contribution in [3.8, 4) is 0 Å². The van der Waals surface area contributed by atoms with Gasteiger partial charge in [0.1, 0.15) is 11.1 Å². The maximum atomic E-state index is 13.3. The van der Waals surface area contributed by atoms with Gasteiger partial charge >= 0.3 is 0 Å². The Morgan fingerprint density at radius 3 is 2.54 bits per heavy atom. The molecule has 6 nitrogen and oxygen atoms in total. The molecule has 1 heterocycles. The molecule has 136 valence electrons. The maximum absolute atomic E-state index is 13.3. The van der Waals surface area contributed by atoms with Gasteiger partial charge in [-0.25, -0.2) is 13.6 Å². The second-order valence-corrected chi connectivity index (χ2v) is 8.70. The molecule has 26 heavy (non-hydrogen) atoms. The number of hydrogen-bond acceptors (Lipinski definition) is 4. The van der Waals surface area contributed by atoms with Crippen molar-refractivity contribution in [1.82, 2.24) is 0 Å². The molecule has 1 unspecified atom stereocenters. The van der Waals surface area contributed by atoms with Gasteiger partial charge in [-0.1, -0.05) is 29.8 Å². The average molecular weight is 392 g/mol. The summed E-state index contributed by atoms with van der Waals surface area (Å²) in [6.45, 7) is 1.94. The third-order valence-corrected chi connectivity index (χ3v) is 6.23. The molecule has 1 aliphatic carbocycles. The normalized spacial score (nSPS) is 19.9. The Kier molecular flexibility index (Phi) is 3.98.